The summed E-state index contributed by atoms with van der Waals surface area (Å²) in [5, 5.41) is 8.94. The Kier molecular flexibility index (Phi) is 5.57. The lowest BCUT2D eigenvalue weighted by molar-refractivity contribution is -0.138. The molecule has 1 amide bonds. The zero-order valence-electron chi connectivity index (χ0n) is 10.5. The minimum atomic E-state index is -0.953. The number of nitrogens with zero attached hydrogens (tertiary/aromatic N) is 2. The fourth-order valence-electron chi connectivity index (χ4n) is 1.47. The Labute approximate surface area is 115 Å². The Hall–Kier alpha value is -1.82. The zero-order valence-corrected chi connectivity index (χ0v) is 11.3. The smallest absolute Gasteiger partial charge is 0.305 e. The van der Waals surface area contributed by atoms with E-state index in [0.29, 0.717) is 5.02 Å². The highest BCUT2D eigenvalue weighted by Crippen LogP contribution is 2.04. The molecule has 7 heteroatoms. The Bertz CT molecular complexity index is 527. The number of carboxylic acids is 1. The van der Waals surface area contributed by atoms with E-state index in [9.17, 15) is 14.4 Å². The van der Waals surface area contributed by atoms with Gasteiger partial charge in [0.15, 0.2) is 0 Å². The van der Waals surface area contributed by atoms with Gasteiger partial charge in [0.2, 0.25) is 5.91 Å². The van der Waals surface area contributed by atoms with E-state index in [1.54, 1.807) is 0 Å². The first kappa shape index (κ1) is 15.2. The average Bonchev–Trinajstić information content (AvgIpc) is 2.36. The van der Waals surface area contributed by atoms with Gasteiger partial charge in [0.1, 0.15) is 0 Å². The van der Waals surface area contributed by atoms with Gasteiger partial charge in [0, 0.05) is 38.8 Å². The summed E-state index contributed by atoms with van der Waals surface area (Å²) in [6.45, 7) is 0.369. The van der Waals surface area contributed by atoms with Gasteiger partial charge in [-0.15, -0.1) is 0 Å². The van der Waals surface area contributed by atoms with Crippen molar-refractivity contribution in [2.45, 2.75) is 19.4 Å². The van der Waals surface area contributed by atoms with Crippen molar-refractivity contribution in [1.82, 2.24) is 9.47 Å². The minimum absolute atomic E-state index is 0.0979. The summed E-state index contributed by atoms with van der Waals surface area (Å²) < 4.78 is 1.35. The molecule has 1 rings (SSSR count). The van der Waals surface area contributed by atoms with Crippen LogP contribution >= 0.6 is 11.6 Å². The summed E-state index contributed by atoms with van der Waals surface area (Å²) in [5.74, 6) is -1.17. The average molecular weight is 287 g/mol. The Balaban J connectivity index is 2.52. The highest BCUT2D eigenvalue weighted by Gasteiger charge is 2.10. The number of carbonyl (C=O) groups excluding carboxylic acids is 1. The number of hydrogen-bond acceptors (Lipinski definition) is 3. The highest BCUT2D eigenvalue weighted by atomic mass is 35.5. The number of carboxylic acid groups (broad SMARTS) is 1. The van der Waals surface area contributed by atoms with E-state index in [1.807, 2.05) is 0 Å². The van der Waals surface area contributed by atoms with Crippen molar-refractivity contribution < 1.29 is 14.7 Å². The van der Waals surface area contributed by atoms with Gasteiger partial charge in [-0.2, -0.15) is 0 Å². The third kappa shape index (κ3) is 5.13. The lowest BCUT2D eigenvalue weighted by Gasteiger charge is -2.16. The summed E-state index contributed by atoms with van der Waals surface area (Å²) in [4.78, 5) is 34.9. The van der Waals surface area contributed by atoms with Crippen LogP contribution in [0.3, 0.4) is 0 Å². The molecule has 0 fully saturated rings. The molecule has 0 saturated carbocycles. The van der Waals surface area contributed by atoms with Gasteiger partial charge in [-0.05, 0) is 6.07 Å². The molecule has 6 nitrogen and oxygen atoms in total. The van der Waals surface area contributed by atoms with Crippen LogP contribution in [0.4, 0.5) is 0 Å². The number of aliphatic carboxylic acids is 1. The first-order chi connectivity index (χ1) is 8.90. The second-order valence-corrected chi connectivity index (χ2v) is 4.52. The van der Waals surface area contributed by atoms with Crippen LogP contribution in [0.1, 0.15) is 12.8 Å². The van der Waals surface area contributed by atoms with Crippen molar-refractivity contribution >= 4 is 23.5 Å². The van der Waals surface area contributed by atoms with E-state index < -0.39 is 5.97 Å². The van der Waals surface area contributed by atoms with Crippen LogP contribution < -0.4 is 5.56 Å². The summed E-state index contributed by atoms with van der Waals surface area (Å²) in [6, 6.07) is 2.82. The van der Waals surface area contributed by atoms with Crippen molar-refractivity contribution in [3.05, 3.63) is 33.7 Å². The van der Waals surface area contributed by atoms with Crippen molar-refractivity contribution in [3.63, 3.8) is 0 Å². The number of carbonyl (C=O) groups is 2. The van der Waals surface area contributed by atoms with Crippen LogP contribution in [0, 0.1) is 0 Å². The molecule has 0 aliphatic carbocycles. The molecule has 0 aliphatic rings. The molecule has 1 aromatic rings. The van der Waals surface area contributed by atoms with E-state index in [4.69, 9.17) is 16.7 Å². The number of rotatable bonds is 6. The van der Waals surface area contributed by atoms with E-state index >= 15 is 0 Å². The van der Waals surface area contributed by atoms with Crippen LogP contribution in [0.2, 0.25) is 5.02 Å². The number of hydrogen-bond donors (Lipinski definition) is 1. The topological polar surface area (TPSA) is 79.6 Å². The van der Waals surface area contributed by atoms with Gasteiger partial charge < -0.3 is 14.6 Å². The van der Waals surface area contributed by atoms with Gasteiger partial charge in [-0.25, -0.2) is 0 Å². The molecular formula is C12H15ClN2O4. The summed E-state index contributed by atoms with van der Waals surface area (Å²) in [6.07, 6.45) is 1.49. The number of pyridine rings is 1. The quantitative estimate of drug-likeness (QED) is 0.840. The van der Waals surface area contributed by atoms with Crippen molar-refractivity contribution in [2.75, 3.05) is 13.6 Å². The number of aryl methyl sites for hydroxylation is 1. The SMILES string of the molecule is CN(CCC(=O)O)C(=O)CCn1cc(Cl)ccc1=O. The molecule has 0 saturated heterocycles. The van der Waals surface area contributed by atoms with Crippen LogP contribution in [0.15, 0.2) is 23.1 Å². The number of amides is 1. The monoisotopic (exact) mass is 286 g/mol. The minimum Gasteiger partial charge on any atom is -0.481 e. The molecule has 1 N–H and O–H groups in total. The lowest BCUT2D eigenvalue weighted by atomic mass is 10.3. The zero-order chi connectivity index (χ0) is 14.4. The summed E-state index contributed by atoms with van der Waals surface area (Å²) in [7, 11) is 1.53. The number of aromatic nitrogens is 1. The second-order valence-electron chi connectivity index (χ2n) is 4.09. The summed E-state index contributed by atoms with van der Waals surface area (Å²) >= 11 is 5.76. The van der Waals surface area contributed by atoms with Gasteiger partial charge in [0.25, 0.3) is 5.56 Å². The summed E-state index contributed by atoms with van der Waals surface area (Å²) in [5.41, 5.74) is -0.231. The van der Waals surface area contributed by atoms with E-state index in [1.165, 1.54) is 34.8 Å². The molecule has 1 aromatic heterocycles. The fraction of sp³-hybridized carbons (Fsp3) is 0.417. The second kappa shape index (κ2) is 6.94. The van der Waals surface area contributed by atoms with Crippen molar-refractivity contribution in [3.8, 4) is 0 Å². The molecule has 0 bridgehead atoms. The standard InChI is InChI=1S/C12H15ClN2O4/c1-14(6-5-12(18)19)10(16)4-7-15-8-9(13)2-3-11(15)17/h2-3,8H,4-7H2,1H3,(H,18,19). The van der Waals surface area contributed by atoms with Crippen molar-refractivity contribution in [1.29, 1.82) is 0 Å². The van der Waals surface area contributed by atoms with Gasteiger partial charge in [0.05, 0.1) is 11.4 Å². The Morgan fingerprint density at radius 2 is 2.05 bits per heavy atom. The maximum Gasteiger partial charge on any atom is 0.305 e. The molecule has 0 radical (unpaired) electrons. The predicted octanol–water partition coefficient (Wildman–Crippen LogP) is 0.825. The van der Waals surface area contributed by atoms with Crippen LogP contribution in [-0.2, 0) is 16.1 Å². The largest absolute Gasteiger partial charge is 0.481 e. The number of halogens is 1. The molecule has 1 heterocycles. The van der Waals surface area contributed by atoms with Crippen molar-refractivity contribution in [2.24, 2.45) is 0 Å². The molecule has 0 aliphatic heterocycles. The molecule has 0 atom stereocenters. The fourth-order valence-corrected chi connectivity index (χ4v) is 1.65. The maximum atomic E-state index is 11.7. The molecule has 19 heavy (non-hydrogen) atoms. The van der Waals surface area contributed by atoms with Gasteiger partial charge in [-0.3, -0.25) is 14.4 Å². The van der Waals surface area contributed by atoms with Gasteiger partial charge in [-0.1, -0.05) is 11.6 Å². The van der Waals surface area contributed by atoms with Crippen LogP contribution in [0.25, 0.3) is 0 Å². The molecule has 104 valence electrons. The first-order valence-corrected chi connectivity index (χ1v) is 6.09. The first-order valence-electron chi connectivity index (χ1n) is 5.72. The maximum absolute atomic E-state index is 11.7. The molecular weight excluding hydrogens is 272 g/mol. The molecule has 0 unspecified atom stereocenters. The third-order valence-electron chi connectivity index (χ3n) is 2.60. The highest BCUT2D eigenvalue weighted by molar-refractivity contribution is 6.30. The molecule has 0 aromatic carbocycles. The third-order valence-corrected chi connectivity index (χ3v) is 2.82. The van der Waals surface area contributed by atoms with Crippen LogP contribution in [-0.4, -0.2) is 40.0 Å². The van der Waals surface area contributed by atoms with Gasteiger partial charge >= 0.3 is 5.97 Å². The van der Waals surface area contributed by atoms with E-state index in [0.717, 1.165) is 0 Å². The molecule has 0 spiro atoms. The van der Waals surface area contributed by atoms with Crippen LogP contribution in [0.5, 0.6) is 0 Å². The van der Waals surface area contributed by atoms with E-state index in [-0.39, 0.29) is 37.4 Å². The Morgan fingerprint density at radius 1 is 1.37 bits per heavy atom. The Morgan fingerprint density at radius 3 is 2.68 bits per heavy atom. The predicted molar refractivity (Wildman–Crippen MR) is 70.2 cm³/mol. The normalized spacial score (nSPS) is 10.2. The van der Waals surface area contributed by atoms with E-state index in [2.05, 4.69) is 0 Å². The lowest BCUT2D eigenvalue weighted by Crippen LogP contribution is -2.30.